The van der Waals surface area contributed by atoms with Crippen LogP contribution >= 0.6 is 39.3 Å². The first kappa shape index (κ1) is 15.1. The van der Waals surface area contributed by atoms with E-state index in [2.05, 4.69) is 20.9 Å². The van der Waals surface area contributed by atoms with Gasteiger partial charge in [0.05, 0.1) is 10.9 Å². The first-order valence-corrected chi connectivity index (χ1v) is 8.69. The molecule has 1 aliphatic heterocycles. The Hall–Kier alpha value is -0.790. The standard InChI is InChI=1S/C13H12BrClN2O3S/c14-7-3-8(10(15)16-4-7)11(18)17-9(13(19)20)5-21-12(17)6-1-2-6/h3-4,6,9,12H,1-2,5H2,(H,19,20). The normalized spacial score (nSPS) is 25.1. The van der Waals surface area contributed by atoms with Crippen LogP contribution in [-0.2, 0) is 4.79 Å². The van der Waals surface area contributed by atoms with E-state index in [1.165, 1.54) is 22.9 Å². The second-order valence-corrected chi connectivity index (χ2v) is 7.54. The molecule has 1 amide bonds. The summed E-state index contributed by atoms with van der Waals surface area (Å²) < 4.78 is 0.636. The molecule has 2 atom stereocenters. The van der Waals surface area contributed by atoms with Crippen LogP contribution in [0.3, 0.4) is 0 Å². The second-order valence-electron chi connectivity index (χ2n) is 5.12. The number of carbonyl (C=O) groups is 2. The number of aromatic nitrogens is 1. The molecule has 0 aromatic carbocycles. The summed E-state index contributed by atoms with van der Waals surface area (Å²) in [6.07, 6.45) is 3.58. The maximum Gasteiger partial charge on any atom is 0.327 e. The van der Waals surface area contributed by atoms with E-state index in [1.807, 2.05) is 0 Å². The molecule has 8 heteroatoms. The van der Waals surface area contributed by atoms with Gasteiger partial charge >= 0.3 is 5.97 Å². The number of thioether (sulfide) groups is 1. The molecule has 2 heterocycles. The van der Waals surface area contributed by atoms with Crippen molar-refractivity contribution in [2.45, 2.75) is 24.3 Å². The number of nitrogens with zero attached hydrogens (tertiary/aromatic N) is 2. The molecular weight excluding hydrogens is 380 g/mol. The highest BCUT2D eigenvalue weighted by Crippen LogP contribution is 2.46. The fourth-order valence-corrected chi connectivity index (χ4v) is 4.58. The van der Waals surface area contributed by atoms with Gasteiger partial charge in [0.2, 0.25) is 0 Å². The van der Waals surface area contributed by atoms with Crippen LogP contribution in [0.2, 0.25) is 5.15 Å². The number of hydrogen-bond donors (Lipinski definition) is 1. The second kappa shape index (κ2) is 5.78. The fourth-order valence-electron chi connectivity index (χ4n) is 2.43. The minimum absolute atomic E-state index is 0.0753. The van der Waals surface area contributed by atoms with E-state index in [4.69, 9.17) is 11.6 Å². The molecule has 2 fully saturated rings. The molecule has 21 heavy (non-hydrogen) atoms. The molecule has 2 aliphatic rings. The zero-order chi connectivity index (χ0) is 15.1. The van der Waals surface area contributed by atoms with Gasteiger partial charge in [-0.1, -0.05) is 11.6 Å². The number of rotatable bonds is 3. The number of aliphatic carboxylic acids is 1. The van der Waals surface area contributed by atoms with Crippen molar-refractivity contribution in [3.05, 3.63) is 27.5 Å². The maximum absolute atomic E-state index is 12.8. The van der Waals surface area contributed by atoms with Gasteiger partial charge in [-0.2, -0.15) is 0 Å². The van der Waals surface area contributed by atoms with Crippen LogP contribution in [0.25, 0.3) is 0 Å². The minimum Gasteiger partial charge on any atom is -0.480 e. The molecule has 112 valence electrons. The SMILES string of the molecule is O=C(O)C1CSC(C2CC2)N1C(=O)c1cc(Br)cnc1Cl. The molecule has 0 bridgehead atoms. The lowest BCUT2D eigenvalue weighted by molar-refractivity contribution is -0.141. The molecule has 3 rings (SSSR count). The van der Waals surface area contributed by atoms with Gasteiger partial charge in [0, 0.05) is 16.4 Å². The van der Waals surface area contributed by atoms with Crippen molar-refractivity contribution in [3.8, 4) is 0 Å². The molecule has 5 nitrogen and oxygen atoms in total. The number of halogens is 2. The molecule has 1 saturated heterocycles. The van der Waals surface area contributed by atoms with Crippen LogP contribution in [0.1, 0.15) is 23.2 Å². The summed E-state index contributed by atoms with van der Waals surface area (Å²) in [5, 5.41) is 9.38. The van der Waals surface area contributed by atoms with Crippen LogP contribution in [0.4, 0.5) is 0 Å². The lowest BCUT2D eigenvalue weighted by Gasteiger charge is -2.27. The summed E-state index contributed by atoms with van der Waals surface area (Å²) in [5.41, 5.74) is 0.241. The molecule has 1 aromatic rings. The quantitative estimate of drug-likeness (QED) is 0.802. The van der Waals surface area contributed by atoms with Gasteiger partial charge in [-0.05, 0) is 40.8 Å². The average Bonchev–Trinajstić information content (AvgIpc) is 3.19. The Labute approximate surface area is 139 Å². The Balaban J connectivity index is 1.95. The van der Waals surface area contributed by atoms with E-state index >= 15 is 0 Å². The van der Waals surface area contributed by atoms with Gasteiger partial charge in [-0.3, -0.25) is 4.79 Å². The summed E-state index contributed by atoms with van der Waals surface area (Å²) in [4.78, 5) is 29.6. The van der Waals surface area contributed by atoms with Crippen molar-refractivity contribution in [2.24, 2.45) is 5.92 Å². The van der Waals surface area contributed by atoms with Gasteiger partial charge in [-0.15, -0.1) is 11.8 Å². The minimum atomic E-state index is -0.974. The third-order valence-electron chi connectivity index (χ3n) is 3.62. The fraction of sp³-hybridized carbons (Fsp3) is 0.462. The van der Waals surface area contributed by atoms with Crippen molar-refractivity contribution < 1.29 is 14.7 Å². The van der Waals surface area contributed by atoms with Gasteiger partial charge < -0.3 is 10.0 Å². The maximum atomic E-state index is 12.8. The topological polar surface area (TPSA) is 70.5 Å². The predicted octanol–water partition coefficient (Wildman–Crippen LogP) is 2.88. The van der Waals surface area contributed by atoms with Gasteiger partial charge in [0.1, 0.15) is 11.2 Å². The molecule has 0 spiro atoms. The molecule has 0 radical (unpaired) electrons. The third kappa shape index (κ3) is 2.91. The summed E-state index contributed by atoms with van der Waals surface area (Å²) in [5.74, 6) is -0.523. The third-order valence-corrected chi connectivity index (χ3v) is 5.81. The van der Waals surface area contributed by atoms with Crippen molar-refractivity contribution in [2.75, 3.05) is 5.75 Å². The number of carboxylic acid groups (broad SMARTS) is 1. The highest BCUT2D eigenvalue weighted by atomic mass is 79.9. The Morgan fingerprint density at radius 1 is 1.48 bits per heavy atom. The van der Waals surface area contributed by atoms with E-state index in [-0.39, 0.29) is 22.0 Å². The first-order valence-electron chi connectivity index (χ1n) is 6.47. The number of hydrogen-bond acceptors (Lipinski definition) is 4. The average molecular weight is 392 g/mol. The van der Waals surface area contributed by atoms with Crippen molar-refractivity contribution >= 4 is 51.2 Å². The summed E-state index contributed by atoms with van der Waals surface area (Å²) in [7, 11) is 0. The molecule has 2 unspecified atom stereocenters. The Bertz CT molecular complexity index is 611. The van der Waals surface area contributed by atoms with E-state index in [1.54, 1.807) is 6.07 Å². The monoisotopic (exact) mass is 390 g/mol. The van der Waals surface area contributed by atoms with Gasteiger partial charge in [0.15, 0.2) is 0 Å². The zero-order valence-electron chi connectivity index (χ0n) is 10.8. The van der Waals surface area contributed by atoms with Gasteiger partial charge in [-0.25, -0.2) is 9.78 Å². The van der Waals surface area contributed by atoms with E-state index < -0.39 is 12.0 Å². The van der Waals surface area contributed by atoms with E-state index in [0.717, 1.165) is 12.8 Å². The number of pyridine rings is 1. The smallest absolute Gasteiger partial charge is 0.327 e. The summed E-state index contributed by atoms with van der Waals surface area (Å²) >= 11 is 10.8. The van der Waals surface area contributed by atoms with Crippen molar-refractivity contribution in [1.82, 2.24) is 9.88 Å². The number of carboxylic acids is 1. The Morgan fingerprint density at radius 3 is 2.81 bits per heavy atom. The molecular formula is C13H12BrClN2O3S. The van der Waals surface area contributed by atoms with Crippen molar-refractivity contribution in [3.63, 3.8) is 0 Å². The molecule has 1 aliphatic carbocycles. The Kier molecular flexibility index (Phi) is 4.16. The summed E-state index contributed by atoms with van der Waals surface area (Å²) in [6.45, 7) is 0. The highest BCUT2D eigenvalue weighted by Gasteiger charge is 2.48. The highest BCUT2D eigenvalue weighted by molar-refractivity contribution is 9.10. The zero-order valence-corrected chi connectivity index (χ0v) is 14.0. The predicted molar refractivity (Wildman–Crippen MR) is 83.5 cm³/mol. The van der Waals surface area contributed by atoms with Crippen LogP contribution in [0, 0.1) is 5.92 Å². The number of carbonyl (C=O) groups excluding carboxylic acids is 1. The lowest BCUT2D eigenvalue weighted by Crippen LogP contribution is -2.46. The van der Waals surface area contributed by atoms with Crippen LogP contribution in [0.15, 0.2) is 16.7 Å². The van der Waals surface area contributed by atoms with Gasteiger partial charge in [0.25, 0.3) is 5.91 Å². The largest absolute Gasteiger partial charge is 0.480 e. The lowest BCUT2D eigenvalue weighted by atomic mass is 10.2. The molecule has 1 N–H and O–H groups in total. The Morgan fingerprint density at radius 2 is 2.19 bits per heavy atom. The molecule has 1 saturated carbocycles. The van der Waals surface area contributed by atoms with Crippen LogP contribution in [0.5, 0.6) is 0 Å². The van der Waals surface area contributed by atoms with E-state index in [0.29, 0.717) is 16.1 Å². The van der Waals surface area contributed by atoms with E-state index in [9.17, 15) is 14.7 Å². The number of amides is 1. The first-order chi connectivity index (χ1) is 9.99. The van der Waals surface area contributed by atoms with Crippen LogP contribution < -0.4 is 0 Å². The van der Waals surface area contributed by atoms with Crippen molar-refractivity contribution in [1.29, 1.82) is 0 Å². The molecule has 1 aromatic heterocycles. The van der Waals surface area contributed by atoms with Crippen LogP contribution in [-0.4, -0.2) is 44.0 Å². The summed E-state index contributed by atoms with van der Waals surface area (Å²) in [6, 6.07) is 0.784.